The largest absolute Gasteiger partial charge is 0.332 e. The molecule has 172 valence electrons. The van der Waals surface area contributed by atoms with E-state index in [9.17, 15) is 0 Å². The van der Waals surface area contributed by atoms with Gasteiger partial charge < -0.3 is 4.52 Å². The van der Waals surface area contributed by atoms with Gasteiger partial charge in [-0.25, -0.2) is 9.98 Å². The van der Waals surface area contributed by atoms with Gasteiger partial charge in [-0.2, -0.15) is 10.2 Å². The molecule has 0 saturated heterocycles. The summed E-state index contributed by atoms with van der Waals surface area (Å²) in [4.78, 5) is 14.0. The quantitative estimate of drug-likeness (QED) is 0.392. The first-order valence-corrected chi connectivity index (χ1v) is 11.5. The summed E-state index contributed by atoms with van der Waals surface area (Å²) in [6.45, 7) is 3.91. The third kappa shape index (κ3) is 4.38. The Hall–Kier alpha value is -3.72. The maximum absolute atomic E-state index is 6.49. The minimum atomic E-state index is -0.686. The van der Waals surface area contributed by atoms with E-state index < -0.39 is 5.66 Å². The molecule has 2 aromatic carbocycles. The maximum Gasteiger partial charge on any atom is 0.279 e. The molecule has 5 rings (SSSR count). The van der Waals surface area contributed by atoms with E-state index in [4.69, 9.17) is 26.1 Å². The zero-order chi connectivity index (χ0) is 23.5. The summed E-state index contributed by atoms with van der Waals surface area (Å²) in [7, 11) is 0. The van der Waals surface area contributed by atoms with E-state index in [0.717, 1.165) is 41.5 Å². The van der Waals surface area contributed by atoms with E-state index in [1.807, 2.05) is 24.3 Å². The number of hydrogen-bond acceptors (Lipinski definition) is 8. The van der Waals surface area contributed by atoms with Crippen LogP contribution in [0.1, 0.15) is 43.5 Å². The molecular formula is C24H23ClN8O. The number of nitrogens with zero attached hydrogens (tertiary/aromatic N) is 7. The van der Waals surface area contributed by atoms with Crippen LogP contribution >= 0.6 is 11.6 Å². The molecule has 1 aliphatic rings. The van der Waals surface area contributed by atoms with Crippen molar-refractivity contribution in [1.29, 1.82) is 0 Å². The number of unbranched alkanes of at least 4 members (excludes halogenated alkanes) is 1. The molecule has 3 heterocycles. The minimum absolute atomic E-state index is 0.304. The Kier molecular flexibility index (Phi) is 6.02. The normalized spacial score (nSPS) is 17.6. The molecule has 0 radical (unpaired) electrons. The average Bonchev–Trinajstić information content (AvgIpc) is 3.59. The molecule has 0 amide bonds. The number of halogens is 1. The Balaban J connectivity index is 1.44. The smallest absolute Gasteiger partial charge is 0.279 e. The molecule has 1 unspecified atom stereocenters. The summed E-state index contributed by atoms with van der Waals surface area (Å²) in [5.74, 6) is 1.40. The van der Waals surface area contributed by atoms with E-state index in [-0.39, 0.29) is 0 Å². The summed E-state index contributed by atoms with van der Waals surface area (Å²) >= 11 is 6.49. The summed E-state index contributed by atoms with van der Waals surface area (Å²) in [5.41, 5.74) is 3.89. The van der Waals surface area contributed by atoms with Gasteiger partial charge in [0, 0.05) is 12.0 Å². The first-order valence-electron chi connectivity index (χ1n) is 11.2. The number of benzene rings is 2. The standard InChI is InChI=1S/C24H23ClN8O/c1-3-4-13-24(27-20(21(25)28-24)23-26-15(2)31-34-23)14-16-9-11-17(12-10-16)18-7-5-6-8-19(18)22-29-32-33-30-22/h5-12H,3-4,13-14H2,1-2H3,(H,29,30,32,33). The third-order valence-electron chi connectivity index (χ3n) is 5.75. The topological polar surface area (TPSA) is 118 Å². The molecule has 0 bridgehead atoms. The lowest BCUT2D eigenvalue weighted by atomic mass is 9.93. The van der Waals surface area contributed by atoms with Gasteiger partial charge in [0.05, 0.1) is 0 Å². The second-order valence-electron chi connectivity index (χ2n) is 8.25. The van der Waals surface area contributed by atoms with Crippen LogP contribution in [0, 0.1) is 6.92 Å². The SMILES string of the molecule is CCCCC1(Cc2ccc(-c3ccccc3-c3nn[nH]n3)cc2)N=C(Cl)C(c2nc(C)no2)=N1. The number of H-pyrrole nitrogens is 1. The molecule has 2 aromatic heterocycles. The number of aryl methyl sites for hydroxylation is 1. The number of aliphatic imine (C=N–C) groups is 2. The van der Waals surface area contributed by atoms with Crippen molar-refractivity contribution in [2.75, 3.05) is 0 Å². The fraction of sp³-hybridized carbons (Fsp3) is 0.292. The molecule has 9 nitrogen and oxygen atoms in total. The van der Waals surface area contributed by atoms with Gasteiger partial charge >= 0.3 is 0 Å². The van der Waals surface area contributed by atoms with E-state index in [2.05, 4.69) is 62.0 Å². The predicted molar refractivity (Wildman–Crippen MR) is 130 cm³/mol. The Bertz CT molecular complexity index is 1340. The van der Waals surface area contributed by atoms with Crippen LogP contribution < -0.4 is 0 Å². The molecule has 1 N–H and O–H groups in total. The Morgan fingerprint density at radius 1 is 1.03 bits per heavy atom. The Morgan fingerprint density at radius 3 is 2.50 bits per heavy atom. The number of rotatable bonds is 8. The van der Waals surface area contributed by atoms with Crippen LogP contribution in [0.15, 0.2) is 63.0 Å². The molecule has 0 spiro atoms. The molecule has 34 heavy (non-hydrogen) atoms. The highest BCUT2D eigenvalue weighted by molar-refractivity contribution is 6.86. The fourth-order valence-corrected chi connectivity index (χ4v) is 4.40. The highest BCUT2D eigenvalue weighted by Gasteiger charge is 2.37. The Morgan fingerprint density at radius 2 is 1.82 bits per heavy atom. The van der Waals surface area contributed by atoms with Crippen LogP contribution in [0.4, 0.5) is 0 Å². The van der Waals surface area contributed by atoms with Gasteiger partial charge in [-0.05, 0) is 41.7 Å². The monoisotopic (exact) mass is 474 g/mol. The Labute approximate surface area is 201 Å². The molecule has 10 heteroatoms. The van der Waals surface area contributed by atoms with Gasteiger partial charge in [0.15, 0.2) is 22.4 Å². The van der Waals surface area contributed by atoms with Crippen LogP contribution in [0.2, 0.25) is 0 Å². The molecule has 0 aliphatic carbocycles. The van der Waals surface area contributed by atoms with Crippen molar-refractivity contribution in [2.45, 2.75) is 45.2 Å². The van der Waals surface area contributed by atoms with Crippen LogP contribution in [0.25, 0.3) is 22.5 Å². The number of aromatic nitrogens is 6. The van der Waals surface area contributed by atoms with Crippen molar-refractivity contribution in [3.8, 4) is 22.5 Å². The van der Waals surface area contributed by atoms with Crippen molar-refractivity contribution >= 4 is 22.5 Å². The van der Waals surface area contributed by atoms with Crippen LogP contribution in [-0.2, 0) is 6.42 Å². The van der Waals surface area contributed by atoms with E-state index >= 15 is 0 Å². The second kappa shape index (κ2) is 9.26. The van der Waals surface area contributed by atoms with Crippen molar-refractivity contribution in [2.24, 2.45) is 9.98 Å². The van der Waals surface area contributed by atoms with Gasteiger partial charge in [-0.1, -0.05) is 78.6 Å². The lowest BCUT2D eigenvalue weighted by molar-refractivity contribution is 0.396. The number of aromatic amines is 1. The zero-order valence-electron chi connectivity index (χ0n) is 18.9. The molecule has 1 aliphatic heterocycles. The molecule has 4 aromatic rings. The molecular weight excluding hydrogens is 452 g/mol. The third-order valence-corrected chi connectivity index (χ3v) is 6.01. The maximum atomic E-state index is 6.49. The van der Waals surface area contributed by atoms with Gasteiger partial charge in [0.2, 0.25) is 5.82 Å². The number of tetrazole rings is 1. The molecule has 1 atom stereocenters. The van der Waals surface area contributed by atoms with Crippen LogP contribution in [0.5, 0.6) is 0 Å². The predicted octanol–water partition coefficient (Wildman–Crippen LogP) is 4.79. The highest BCUT2D eigenvalue weighted by Crippen LogP contribution is 2.34. The van der Waals surface area contributed by atoms with E-state index in [1.165, 1.54) is 0 Å². The lowest BCUT2D eigenvalue weighted by Gasteiger charge is -2.23. The van der Waals surface area contributed by atoms with Crippen molar-refractivity contribution in [3.05, 3.63) is 65.8 Å². The van der Waals surface area contributed by atoms with Gasteiger partial charge in [-0.15, -0.1) is 10.2 Å². The highest BCUT2D eigenvalue weighted by atomic mass is 35.5. The van der Waals surface area contributed by atoms with Crippen molar-refractivity contribution in [3.63, 3.8) is 0 Å². The second-order valence-corrected chi connectivity index (χ2v) is 8.61. The molecule has 0 fully saturated rings. The summed E-state index contributed by atoms with van der Waals surface area (Å²) < 4.78 is 5.30. The van der Waals surface area contributed by atoms with Gasteiger partial charge in [-0.3, -0.25) is 0 Å². The molecule has 0 saturated carbocycles. The first kappa shape index (κ1) is 22.1. The van der Waals surface area contributed by atoms with Gasteiger partial charge in [0.1, 0.15) is 0 Å². The lowest BCUT2D eigenvalue weighted by Crippen LogP contribution is -2.25. The number of hydrogen-bond donors (Lipinski definition) is 1. The minimum Gasteiger partial charge on any atom is -0.332 e. The van der Waals surface area contributed by atoms with Crippen LogP contribution in [0.3, 0.4) is 0 Å². The summed E-state index contributed by atoms with van der Waals surface area (Å²) in [6.07, 6.45) is 3.40. The summed E-state index contributed by atoms with van der Waals surface area (Å²) in [5, 5.41) is 18.6. The number of nitrogens with one attached hydrogen (secondary N) is 1. The van der Waals surface area contributed by atoms with Crippen molar-refractivity contribution in [1.82, 2.24) is 30.8 Å². The van der Waals surface area contributed by atoms with E-state index in [1.54, 1.807) is 6.92 Å². The zero-order valence-corrected chi connectivity index (χ0v) is 19.6. The van der Waals surface area contributed by atoms with Crippen LogP contribution in [-0.4, -0.2) is 47.3 Å². The fourth-order valence-electron chi connectivity index (χ4n) is 4.12. The average molecular weight is 475 g/mol. The van der Waals surface area contributed by atoms with Gasteiger partial charge in [0.25, 0.3) is 5.89 Å². The summed E-state index contributed by atoms with van der Waals surface area (Å²) in [6, 6.07) is 16.4. The first-order chi connectivity index (χ1) is 16.6. The van der Waals surface area contributed by atoms with Crippen molar-refractivity contribution < 1.29 is 4.52 Å². The van der Waals surface area contributed by atoms with E-state index in [0.29, 0.717) is 34.8 Å².